The number of nitro benzene ring substituents is 1. The van der Waals surface area contributed by atoms with E-state index in [4.69, 9.17) is 10.4 Å². The predicted octanol–water partition coefficient (Wildman–Crippen LogP) is 1.22. The van der Waals surface area contributed by atoms with Crippen molar-refractivity contribution in [2.75, 3.05) is 6.54 Å². The Hall–Kier alpha value is -2.46. The van der Waals surface area contributed by atoms with Crippen molar-refractivity contribution in [1.82, 2.24) is 5.32 Å². The van der Waals surface area contributed by atoms with Gasteiger partial charge in [-0.25, -0.2) is 0 Å². The monoisotopic (exact) mass is 249 g/mol. The summed E-state index contributed by atoms with van der Waals surface area (Å²) in [5, 5.41) is 30.7. The minimum atomic E-state index is -0.974. The number of benzene rings is 1. The molecule has 0 aromatic heterocycles. The van der Waals surface area contributed by atoms with Crippen molar-refractivity contribution in [2.24, 2.45) is 0 Å². The van der Waals surface area contributed by atoms with E-state index < -0.39 is 16.9 Å². The van der Waals surface area contributed by atoms with Gasteiger partial charge in [0.25, 0.3) is 5.69 Å². The summed E-state index contributed by atoms with van der Waals surface area (Å²) in [4.78, 5) is 20.4. The lowest BCUT2D eigenvalue weighted by Gasteiger charge is -2.10. The molecule has 0 aliphatic heterocycles. The van der Waals surface area contributed by atoms with Gasteiger partial charge in [0.2, 0.25) is 0 Å². The Balaban J connectivity index is 2.76. The number of carboxylic acid groups (broad SMARTS) is 1. The zero-order chi connectivity index (χ0) is 13.5. The molecule has 0 fully saturated rings. The van der Waals surface area contributed by atoms with Crippen molar-refractivity contribution in [3.05, 3.63) is 39.9 Å². The van der Waals surface area contributed by atoms with Gasteiger partial charge in [-0.15, -0.1) is 0 Å². The fourth-order valence-corrected chi connectivity index (χ4v) is 1.38. The number of nitrogens with one attached hydrogen (secondary N) is 1. The van der Waals surface area contributed by atoms with E-state index in [9.17, 15) is 14.9 Å². The molecule has 7 nitrogen and oxygen atoms in total. The zero-order valence-electron chi connectivity index (χ0n) is 9.37. The van der Waals surface area contributed by atoms with Crippen LogP contribution in [0, 0.1) is 21.4 Å². The molecule has 0 spiro atoms. The summed E-state index contributed by atoms with van der Waals surface area (Å²) in [5.41, 5.74) is 0.338. The Kier molecular flexibility index (Phi) is 4.78. The number of carboxylic acids is 1. The molecule has 0 bridgehead atoms. The third-order valence-electron chi connectivity index (χ3n) is 2.23. The van der Waals surface area contributed by atoms with Crippen LogP contribution in [-0.4, -0.2) is 22.5 Å². The molecule has 94 valence electrons. The van der Waals surface area contributed by atoms with E-state index in [2.05, 4.69) is 5.32 Å². The van der Waals surface area contributed by atoms with Crippen LogP contribution in [-0.2, 0) is 4.79 Å². The van der Waals surface area contributed by atoms with Gasteiger partial charge in [-0.2, -0.15) is 5.26 Å². The average molecular weight is 249 g/mol. The number of nitriles is 1. The number of rotatable bonds is 6. The second-order valence-corrected chi connectivity index (χ2v) is 3.51. The van der Waals surface area contributed by atoms with Crippen LogP contribution < -0.4 is 5.32 Å². The summed E-state index contributed by atoms with van der Waals surface area (Å²) in [6, 6.07) is 6.85. The quantitative estimate of drug-likeness (QED) is 0.578. The van der Waals surface area contributed by atoms with E-state index in [-0.39, 0.29) is 18.7 Å². The Morgan fingerprint density at radius 3 is 2.89 bits per heavy atom. The fourth-order valence-electron chi connectivity index (χ4n) is 1.38. The highest BCUT2D eigenvalue weighted by molar-refractivity contribution is 5.66. The molecular formula is C11H11N3O4. The molecule has 1 unspecified atom stereocenters. The SMILES string of the molecule is N#CC(NCCC(=O)O)c1cccc([N+](=O)[O-])c1. The first kappa shape index (κ1) is 13.6. The molecule has 0 saturated heterocycles. The number of nitrogens with zero attached hydrogens (tertiary/aromatic N) is 2. The number of carbonyl (C=O) groups is 1. The molecule has 0 saturated carbocycles. The van der Waals surface area contributed by atoms with Gasteiger partial charge in [-0.1, -0.05) is 12.1 Å². The second kappa shape index (κ2) is 6.32. The van der Waals surface area contributed by atoms with E-state index in [1.807, 2.05) is 6.07 Å². The smallest absolute Gasteiger partial charge is 0.304 e. The third-order valence-corrected chi connectivity index (χ3v) is 2.23. The number of nitro groups is 1. The van der Waals surface area contributed by atoms with Gasteiger partial charge in [0.15, 0.2) is 0 Å². The maximum absolute atomic E-state index is 10.6. The molecule has 0 heterocycles. The standard InChI is InChI=1S/C11H11N3O4/c12-7-10(13-5-4-11(15)16)8-2-1-3-9(6-8)14(17)18/h1-3,6,10,13H,4-5H2,(H,15,16). The third kappa shape index (κ3) is 3.84. The molecule has 1 rings (SSSR count). The highest BCUT2D eigenvalue weighted by Gasteiger charge is 2.14. The first-order chi connectivity index (χ1) is 8.54. The van der Waals surface area contributed by atoms with Crippen LogP contribution in [0.25, 0.3) is 0 Å². The Labute approximate surface area is 103 Å². The van der Waals surface area contributed by atoms with Gasteiger partial charge in [0, 0.05) is 18.7 Å². The Bertz CT molecular complexity index is 495. The van der Waals surface area contributed by atoms with Crippen molar-refractivity contribution in [1.29, 1.82) is 5.26 Å². The first-order valence-corrected chi connectivity index (χ1v) is 5.13. The van der Waals surface area contributed by atoms with Crippen molar-refractivity contribution in [2.45, 2.75) is 12.5 Å². The second-order valence-electron chi connectivity index (χ2n) is 3.51. The van der Waals surface area contributed by atoms with Crippen LogP contribution >= 0.6 is 0 Å². The van der Waals surface area contributed by atoms with Crippen LogP contribution in [0.3, 0.4) is 0 Å². The van der Waals surface area contributed by atoms with E-state index in [1.54, 1.807) is 6.07 Å². The molecule has 2 N–H and O–H groups in total. The summed E-state index contributed by atoms with van der Waals surface area (Å²) in [6.07, 6.45) is -0.118. The highest BCUT2D eigenvalue weighted by atomic mass is 16.6. The minimum Gasteiger partial charge on any atom is -0.481 e. The lowest BCUT2D eigenvalue weighted by Crippen LogP contribution is -2.23. The number of hydrogen-bond donors (Lipinski definition) is 2. The molecule has 0 aliphatic rings. The molecule has 0 amide bonds. The minimum absolute atomic E-state index is 0.104. The molecule has 0 radical (unpaired) electrons. The molecule has 1 aromatic carbocycles. The van der Waals surface area contributed by atoms with Gasteiger partial charge < -0.3 is 5.11 Å². The van der Waals surface area contributed by atoms with Crippen molar-refractivity contribution in [3.63, 3.8) is 0 Å². The highest BCUT2D eigenvalue weighted by Crippen LogP contribution is 2.18. The van der Waals surface area contributed by atoms with E-state index in [0.717, 1.165) is 0 Å². The summed E-state index contributed by atoms with van der Waals surface area (Å²) in [5.74, 6) is -0.974. The molecule has 1 atom stereocenters. The lowest BCUT2D eigenvalue weighted by atomic mass is 10.1. The Morgan fingerprint density at radius 2 is 2.33 bits per heavy atom. The van der Waals surface area contributed by atoms with Crippen LogP contribution in [0.2, 0.25) is 0 Å². The van der Waals surface area contributed by atoms with Gasteiger partial charge in [-0.05, 0) is 5.56 Å². The number of aliphatic carboxylic acids is 1. The van der Waals surface area contributed by atoms with E-state index >= 15 is 0 Å². The predicted molar refractivity (Wildman–Crippen MR) is 61.7 cm³/mol. The van der Waals surface area contributed by atoms with Crippen LogP contribution in [0.15, 0.2) is 24.3 Å². The molecular weight excluding hydrogens is 238 g/mol. The molecule has 18 heavy (non-hydrogen) atoms. The van der Waals surface area contributed by atoms with Crippen molar-refractivity contribution >= 4 is 11.7 Å². The van der Waals surface area contributed by atoms with E-state index in [1.165, 1.54) is 18.2 Å². The molecule has 1 aromatic rings. The van der Waals surface area contributed by atoms with Gasteiger partial charge in [0.1, 0.15) is 6.04 Å². The van der Waals surface area contributed by atoms with Gasteiger partial charge in [-0.3, -0.25) is 20.2 Å². The van der Waals surface area contributed by atoms with Crippen molar-refractivity contribution in [3.8, 4) is 6.07 Å². The largest absolute Gasteiger partial charge is 0.481 e. The topological polar surface area (TPSA) is 116 Å². The maximum atomic E-state index is 10.6. The van der Waals surface area contributed by atoms with Crippen LogP contribution in [0.5, 0.6) is 0 Å². The first-order valence-electron chi connectivity index (χ1n) is 5.13. The lowest BCUT2D eigenvalue weighted by molar-refractivity contribution is -0.384. The molecule has 7 heteroatoms. The normalized spacial score (nSPS) is 11.5. The van der Waals surface area contributed by atoms with Crippen LogP contribution in [0.1, 0.15) is 18.0 Å². The zero-order valence-corrected chi connectivity index (χ0v) is 9.37. The van der Waals surface area contributed by atoms with Gasteiger partial charge >= 0.3 is 5.97 Å². The summed E-state index contributed by atoms with van der Waals surface area (Å²) >= 11 is 0. The van der Waals surface area contributed by atoms with E-state index in [0.29, 0.717) is 5.56 Å². The maximum Gasteiger partial charge on any atom is 0.304 e. The summed E-state index contributed by atoms with van der Waals surface area (Å²) < 4.78 is 0. The van der Waals surface area contributed by atoms with Crippen LogP contribution in [0.4, 0.5) is 5.69 Å². The van der Waals surface area contributed by atoms with Gasteiger partial charge in [0.05, 0.1) is 17.4 Å². The number of hydrogen-bond acceptors (Lipinski definition) is 5. The average Bonchev–Trinajstić information content (AvgIpc) is 2.34. The number of non-ortho nitro benzene ring substituents is 1. The molecule has 0 aliphatic carbocycles. The Morgan fingerprint density at radius 1 is 1.61 bits per heavy atom. The van der Waals surface area contributed by atoms with Crippen molar-refractivity contribution < 1.29 is 14.8 Å². The summed E-state index contributed by atoms with van der Waals surface area (Å²) in [6.45, 7) is 0.121. The fraction of sp³-hybridized carbons (Fsp3) is 0.273. The summed E-state index contributed by atoms with van der Waals surface area (Å²) in [7, 11) is 0.